The minimum absolute atomic E-state index is 0.00731. The number of hydrogen-bond acceptors (Lipinski definition) is 4. The summed E-state index contributed by atoms with van der Waals surface area (Å²) in [5, 5.41) is 3.10. The Kier molecular flexibility index (Phi) is 6.59. The van der Waals surface area contributed by atoms with E-state index >= 15 is 0 Å². The summed E-state index contributed by atoms with van der Waals surface area (Å²) in [6.07, 6.45) is 1.61. The van der Waals surface area contributed by atoms with Crippen molar-refractivity contribution < 1.29 is 14.0 Å². The quantitative estimate of drug-likeness (QED) is 0.366. The third-order valence-electron chi connectivity index (χ3n) is 7.47. The number of nitrogens with one attached hydrogen (secondary N) is 1. The molecule has 0 radical (unpaired) electrons. The Hall–Kier alpha value is -3.93. The molecule has 36 heavy (non-hydrogen) atoms. The Labute approximate surface area is 211 Å². The topological polar surface area (TPSA) is 75.4 Å². The zero-order valence-corrected chi connectivity index (χ0v) is 21.0. The molecule has 5 rings (SSSR count). The lowest BCUT2D eigenvalue weighted by Crippen LogP contribution is -2.41. The second-order valence-corrected chi connectivity index (χ2v) is 9.72. The average Bonchev–Trinajstić information content (AvgIpc) is 3.34. The van der Waals surface area contributed by atoms with Gasteiger partial charge in [0.1, 0.15) is 5.52 Å². The number of likely N-dealkylation sites (tertiary alicyclic amines) is 1. The van der Waals surface area contributed by atoms with Gasteiger partial charge >= 0.3 is 0 Å². The maximum Gasteiger partial charge on any atom is 0.253 e. The van der Waals surface area contributed by atoms with Gasteiger partial charge in [-0.25, -0.2) is 4.98 Å². The highest BCUT2D eigenvalue weighted by Crippen LogP contribution is 2.29. The van der Waals surface area contributed by atoms with E-state index in [2.05, 4.69) is 10.3 Å². The van der Waals surface area contributed by atoms with Crippen LogP contribution < -0.4 is 5.32 Å². The molecule has 6 heteroatoms. The summed E-state index contributed by atoms with van der Waals surface area (Å²) in [6, 6.07) is 21.1. The molecular formula is C30H31N3O3. The van der Waals surface area contributed by atoms with Crippen LogP contribution in [0.3, 0.4) is 0 Å². The van der Waals surface area contributed by atoms with Crippen LogP contribution >= 0.6 is 0 Å². The van der Waals surface area contributed by atoms with Crippen LogP contribution in [0.15, 0.2) is 71.1 Å². The molecule has 6 nitrogen and oxygen atoms in total. The fourth-order valence-corrected chi connectivity index (χ4v) is 4.90. The number of aryl methyl sites for hydroxylation is 1. The highest BCUT2D eigenvalue weighted by atomic mass is 16.3. The summed E-state index contributed by atoms with van der Waals surface area (Å²) in [7, 11) is 0. The molecule has 1 aromatic heterocycles. The predicted molar refractivity (Wildman–Crippen MR) is 142 cm³/mol. The Bertz CT molecular complexity index is 1400. The van der Waals surface area contributed by atoms with E-state index in [1.54, 1.807) is 12.1 Å². The normalized spacial score (nSPS) is 15.1. The molecule has 2 amide bonds. The molecule has 0 aliphatic carbocycles. The standard InChI is InChI=1S/C30H31N3O3/c1-19-8-7-11-25(20(19)2)31-28(34)21(3)22-14-16-33(17-15-22)30(35)24-12-13-27-26(18-24)32-29(36-27)23-9-5-4-6-10-23/h4-13,18,21-22H,14-17H2,1-3H3,(H,31,34)/t21-/m0/s1. The van der Waals surface area contributed by atoms with Crippen LogP contribution in [0.4, 0.5) is 5.69 Å². The molecular weight excluding hydrogens is 450 g/mol. The van der Waals surface area contributed by atoms with E-state index < -0.39 is 0 Å². The highest BCUT2D eigenvalue weighted by Gasteiger charge is 2.30. The highest BCUT2D eigenvalue weighted by molar-refractivity contribution is 5.97. The van der Waals surface area contributed by atoms with Gasteiger partial charge in [-0.05, 0) is 80.1 Å². The first kappa shape index (κ1) is 23.8. The van der Waals surface area contributed by atoms with E-state index in [0.717, 1.165) is 35.2 Å². The second-order valence-electron chi connectivity index (χ2n) is 9.72. The summed E-state index contributed by atoms with van der Waals surface area (Å²) in [6.45, 7) is 7.33. The molecule has 1 atom stereocenters. The molecule has 1 saturated heterocycles. The van der Waals surface area contributed by atoms with E-state index in [0.29, 0.717) is 35.6 Å². The smallest absolute Gasteiger partial charge is 0.253 e. The predicted octanol–water partition coefficient (Wildman–Crippen LogP) is 6.24. The Balaban J connectivity index is 1.21. The maximum absolute atomic E-state index is 13.2. The van der Waals surface area contributed by atoms with Crippen molar-refractivity contribution in [2.24, 2.45) is 11.8 Å². The van der Waals surface area contributed by atoms with Crippen molar-refractivity contribution in [3.05, 3.63) is 83.4 Å². The van der Waals surface area contributed by atoms with Gasteiger partial charge in [-0.15, -0.1) is 0 Å². The van der Waals surface area contributed by atoms with Gasteiger partial charge in [-0.3, -0.25) is 9.59 Å². The first-order chi connectivity index (χ1) is 17.4. The monoisotopic (exact) mass is 481 g/mol. The molecule has 0 bridgehead atoms. The summed E-state index contributed by atoms with van der Waals surface area (Å²) in [5.41, 5.74) is 5.97. The second kappa shape index (κ2) is 9.97. The van der Waals surface area contributed by atoms with Crippen LogP contribution in [0.1, 0.15) is 41.3 Å². The van der Waals surface area contributed by atoms with Gasteiger partial charge in [-0.1, -0.05) is 37.3 Å². The van der Waals surface area contributed by atoms with Crippen LogP contribution in [0, 0.1) is 25.7 Å². The largest absolute Gasteiger partial charge is 0.436 e. The number of benzene rings is 3. The van der Waals surface area contributed by atoms with E-state index in [4.69, 9.17) is 4.42 Å². The number of aromatic nitrogens is 1. The molecule has 0 saturated carbocycles. The van der Waals surface area contributed by atoms with Crippen molar-refractivity contribution in [2.75, 3.05) is 18.4 Å². The summed E-state index contributed by atoms with van der Waals surface area (Å²) < 4.78 is 5.88. The van der Waals surface area contributed by atoms with Crippen molar-refractivity contribution in [1.29, 1.82) is 0 Å². The molecule has 0 spiro atoms. The van der Waals surface area contributed by atoms with E-state index in [1.807, 2.05) is 80.3 Å². The summed E-state index contributed by atoms with van der Waals surface area (Å²) >= 11 is 0. The van der Waals surface area contributed by atoms with Gasteiger partial charge in [0.05, 0.1) is 0 Å². The fraction of sp³-hybridized carbons (Fsp3) is 0.300. The number of oxazole rings is 1. The number of anilines is 1. The average molecular weight is 482 g/mol. The van der Waals surface area contributed by atoms with Gasteiger partial charge in [0.2, 0.25) is 11.8 Å². The molecule has 184 valence electrons. The molecule has 0 unspecified atom stereocenters. The maximum atomic E-state index is 13.2. The number of fused-ring (bicyclic) bond motifs is 1. The van der Waals surface area contributed by atoms with Crippen LogP contribution in [0.2, 0.25) is 0 Å². The number of rotatable bonds is 5. The Morgan fingerprint density at radius 2 is 1.75 bits per heavy atom. The number of nitrogens with zero attached hydrogens (tertiary/aromatic N) is 2. The third-order valence-corrected chi connectivity index (χ3v) is 7.47. The molecule has 3 aromatic carbocycles. The first-order valence-corrected chi connectivity index (χ1v) is 12.5. The lowest BCUT2D eigenvalue weighted by Gasteiger charge is -2.34. The van der Waals surface area contributed by atoms with Crippen LogP contribution in [0.5, 0.6) is 0 Å². The van der Waals surface area contributed by atoms with Crippen molar-refractivity contribution in [1.82, 2.24) is 9.88 Å². The molecule has 1 fully saturated rings. The zero-order valence-electron chi connectivity index (χ0n) is 21.0. The van der Waals surface area contributed by atoms with Crippen molar-refractivity contribution in [2.45, 2.75) is 33.6 Å². The van der Waals surface area contributed by atoms with Gasteiger partial charge in [0.15, 0.2) is 5.58 Å². The molecule has 1 aliphatic heterocycles. The van der Waals surface area contributed by atoms with Crippen molar-refractivity contribution in [3.8, 4) is 11.5 Å². The number of amides is 2. The Morgan fingerprint density at radius 1 is 1.00 bits per heavy atom. The lowest BCUT2D eigenvalue weighted by atomic mass is 9.84. The number of hydrogen-bond donors (Lipinski definition) is 1. The minimum Gasteiger partial charge on any atom is -0.436 e. The van der Waals surface area contributed by atoms with Gasteiger partial charge in [0.25, 0.3) is 5.91 Å². The van der Waals surface area contributed by atoms with Gasteiger partial charge < -0.3 is 14.6 Å². The number of carbonyl (C=O) groups is 2. The molecule has 2 heterocycles. The Morgan fingerprint density at radius 3 is 2.50 bits per heavy atom. The molecule has 4 aromatic rings. The van der Waals surface area contributed by atoms with E-state index in [9.17, 15) is 9.59 Å². The van der Waals surface area contributed by atoms with Gasteiger partial charge in [-0.2, -0.15) is 0 Å². The van der Waals surface area contributed by atoms with Crippen molar-refractivity contribution in [3.63, 3.8) is 0 Å². The fourth-order valence-electron chi connectivity index (χ4n) is 4.90. The lowest BCUT2D eigenvalue weighted by molar-refractivity contribution is -0.121. The van der Waals surface area contributed by atoms with E-state index in [-0.39, 0.29) is 23.7 Å². The van der Waals surface area contributed by atoms with Crippen LogP contribution in [0.25, 0.3) is 22.6 Å². The van der Waals surface area contributed by atoms with Crippen LogP contribution in [-0.4, -0.2) is 34.8 Å². The minimum atomic E-state index is -0.120. The van der Waals surface area contributed by atoms with Gasteiger partial charge in [0, 0.05) is 35.8 Å². The molecule has 1 N–H and O–H groups in total. The summed E-state index contributed by atoms with van der Waals surface area (Å²) in [5.74, 6) is 0.700. The first-order valence-electron chi connectivity index (χ1n) is 12.5. The zero-order chi connectivity index (χ0) is 25.2. The summed E-state index contributed by atoms with van der Waals surface area (Å²) in [4.78, 5) is 32.6. The van der Waals surface area contributed by atoms with Crippen LogP contribution in [-0.2, 0) is 4.79 Å². The number of piperidine rings is 1. The van der Waals surface area contributed by atoms with Crippen molar-refractivity contribution >= 4 is 28.6 Å². The SMILES string of the molecule is Cc1cccc(NC(=O)[C@@H](C)C2CCN(C(=O)c3ccc4oc(-c5ccccc5)nc4c3)CC2)c1C. The third kappa shape index (κ3) is 4.76. The van der Waals surface area contributed by atoms with E-state index in [1.165, 1.54) is 0 Å². The molecule has 1 aliphatic rings. The number of carbonyl (C=O) groups excluding carboxylic acids is 2.